The molecule has 0 saturated heterocycles. The highest BCUT2D eigenvalue weighted by Crippen LogP contribution is 2.26. The molecule has 0 aliphatic rings. The molecule has 0 radical (unpaired) electrons. The fraction of sp³-hybridized carbons (Fsp3) is 0.133. The van der Waals surface area contributed by atoms with Crippen LogP contribution in [0.3, 0.4) is 0 Å². The quantitative estimate of drug-likeness (QED) is 0.818. The maximum absolute atomic E-state index is 12.1. The zero-order valence-electron chi connectivity index (χ0n) is 10.4. The van der Waals surface area contributed by atoms with Crippen molar-refractivity contribution >= 4 is 43.5 Å². The van der Waals surface area contributed by atoms with E-state index in [4.69, 9.17) is 0 Å². The van der Waals surface area contributed by atoms with Gasteiger partial charge in [-0.15, -0.1) is 0 Å². The highest BCUT2D eigenvalue weighted by Gasteiger charge is 2.08. The zero-order valence-corrected chi connectivity index (χ0v) is 13.6. The maximum Gasteiger partial charge on any atom is 0.228 e. The average molecular weight is 383 g/mol. The summed E-state index contributed by atoms with van der Waals surface area (Å²) in [4.78, 5) is 12.1. The number of rotatable bonds is 3. The summed E-state index contributed by atoms with van der Waals surface area (Å²) in [6, 6.07) is 13.6. The molecule has 2 nitrogen and oxygen atoms in total. The first kappa shape index (κ1) is 14.3. The minimum atomic E-state index is -0.0203. The number of amides is 1. The molecule has 0 fully saturated rings. The van der Waals surface area contributed by atoms with E-state index in [0.29, 0.717) is 6.42 Å². The Balaban J connectivity index is 2.10. The summed E-state index contributed by atoms with van der Waals surface area (Å²) in [5, 5.41) is 2.91. The molecule has 2 aromatic carbocycles. The van der Waals surface area contributed by atoms with Crippen LogP contribution in [-0.4, -0.2) is 5.91 Å². The average Bonchev–Trinajstić information content (AvgIpc) is 2.37. The molecule has 1 amide bonds. The lowest BCUT2D eigenvalue weighted by molar-refractivity contribution is -0.115. The highest BCUT2D eigenvalue weighted by atomic mass is 79.9. The molecule has 98 valence electrons. The number of hydrogen-bond acceptors (Lipinski definition) is 1. The number of anilines is 1. The molecule has 2 rings (SSSR count). The van der Waals surface area contributed by atoms with Crippen LogP contribution in [0.1, 0.15) is 11.1 Å². The smallest absolute Gasteiger partial charge is 0.228 e. The van der Waals surface area contributed by atoms with Crippen molar-refractivity contribution in [3.05, 3.63) is 62.5 Å². The summed E-state index contributed by atoms with van der Waals surface area (Å²) < 4.78 is 1.80. The van der Waals surface area contributed by atoms with E-state index >= 15 is 0 Å². The van der Waals surface area contributed by atoms with E-state index in [0.717, 1.165) is 25.8 Å². The number of aryl methyl sites for hydroxylation is 1. The molecule has 0 bridgehead atoms. The van der Waals surface area contributed by atoms with Gasteiger partial charge in [0, 0.05) is 8.95 Å². The summed E-state index contributed by atoms with van der Waals surface area (Å²) in [6.07, 6.45) is 0.381. The van der Waals surface area contributed by atoms with Crippen molar-refractivity contribution in [3.8, 4) is 0 Å². The van der Waals surface area contributed by atoms with E-state index in [2.05, 4.69) is 37.2 Å². The van der Waals surface area contributed by atoms with Crippen molar-refractivity contribution < 1.29 is 4.79 Å². The molecule has 2 aromatic rings. The number of carbonyl (C=O) groups is 1. The lowest BCUT2D eigenvalue weighted by Gasteiger charge is -2.09. The van der Waals surface area contributed by atoms with Gasteiger partial charge < -0.3 is 5.32 Å². The molecule has 19 heavy (non-hydrogen) atoms. The Kier molecular flexibility index (Phi) is 4.77. The van der Waals surface area contributed by atoms with Crippen molar-refractivity contribution in [2.24, 2.45) is 0 Å². The van der Waals surface area contributed by atoms with Crippen molar-refractivity contribution in [1.82, 2.24) is 0 Å². The molecule has 0 heterocycles. The van der Waals surface area contributed by atoms with Gasteiger partial charge in [0.1, 0.15) is 0 Å². The molecule has 0 spiro atoms. The summed E-state index contributed by atoms with van der Waals surface area (Å²) in [6.45, 7) is 2.01. The topological polar surface area (TPSA) is 29.1 Å². The van der Waals surface area contributed by atoms with Crippen LogP contribution in [0.2, 0.25) is 0 Å². The fourth-order valence-electron chi connectivity index (χ4n) is 1.77. The minimum absolute atomic E-state index is 0.0203. The predicted octanol–water partition coefficient (Wildman–Crippen LogP) is 4.70. The number of benzene rings is 2. The van der Waals surface area contributed by atoms with Crippen molar-refractivity contribution in [2.45, 2.75) is 13.3 Å². The molecular formula is C15H13Br2NO. The Morgan fingerprint density at radius 3 is 2.63 bits per heavy atom. The molecule has 0 aliphatic heterocycles. The van der Waals surface area contributed by atoms with Crippen LogP contribution in [0.25, 0.3) is 0 Å². The Hall–Kier alpha value is -1.13. The Morgan fingerprint density at radius 1 is 1.16 bits per heavy atom. The molecule has 0 unspecified atom stereocenters. The maximum atomic E-state index is 12.1. The van der Waals surface area contributed by atoms with Crippen LogP contribution in [0.4, 0.5) is 5.69 Å². The summed E-state index contributed by atoms with van der Waals surface area (Å²) in [5.74, 6) is -0.0203. The van der Waals surface area contributed by atoms with E-state index < -0.39 is 0 Å². The molecule has 0 aliphatic carbocycles. The second kappa shape index (κ2) is 6.35. The van der Waals surface area contributed by atoms with Gasteiger partial charge >= 0.3 is 0 Å². The van der Waals surface area contributed by atoms with E-state index in [1.807, 2.05) is 49.4 Å². The first-order valence-electron chi connectivity index (χ1n) is 5.85. The SMILES string of the molecule is Cc1ccccc1CC(=O)Nc1cc(Br)ccc1Br. The molecule has 0 aromatic heterocycles. The predicted molar refractivity (Wildman–Crippen MR) is 85.4 cm³/mol. The van der Waals surface area contributed by atoms with E-state index in [-0.39, 0.29) is 5.91 Å². The van der Waals surface area contributed by atoms with Crippen molar-refractivity contribution in [3.63, 3.8) is 0 Å². The number of carbonyl (C=O) groups excluding carboxylic acids is 1. The first-order chi connectivity index (χ1) is 9.06. The lowest BCUT2D eigenvalue weighted by atomic mass is 10.1. The summed E-state index contributed by atoms with van der Waals surface area (Å²) in [7, 11) is 0. The Labute approximate surface area is 129 Å². The number of hydrogen-bond donors (Lipinski definition) is 1. The third kappa shape index (κ3) is 3.91. The number of halogens is 2. The van der Waals surface area contributed by atoms with Crippen LogP contribution in [0.5, 0.6) is 0 Å². The second-order valence-corrected chi connectivity index (χ2v) is 6.05. The summed E-state index contributed by atoms with van der Waals surface area (Å²) in [5.41, 5.74) is 2.95. The van der Waals surface area contributed by atoms with Crippen LogP contribution in [0.15, 0.2) is 51.4 Å². The monoisotopic (exact) mass is 381 g/mol. The van der Waals surface area contributed by atoms with Crippen molar-refractivity contribution in [1.29, 1.82) is 0 Å². The van der Waals surface area contributed by atoms with Gasteiger partial charge in [-0.3, -0.25) is 4.79 Å². The van der Waals surface area contributed by atoms with Gasteiger partial charge in [0.15, 0.2) is 0 Å². The molecule has 1 N–H and O–H groups in total. The fourth-order valence-corrected chi connectivity index (χ4v) is 2.48. The van der Waals surface area contributed by atoms with Gasteiger partial charge in [-0.05, 0) is 52.2 Å². The van der Waals surface area contributed by atoms with Gasteiger partial charge in [0.05, 0.1) is 12.1 Å². The van der Waals surface area contributed by atoms with E-state index in [1.54, 1.807) is 0 Å². The van der Waals surface area contributed by atoms with Gasteiger partial charge in [0.25, 0.3) is 0 Å². The lowest BCUT2D eigenvalue weighted by Crippen LogP contribution is -2.15. The van der Waals surface area contributed by atoms with Crippen LogP contribution >= 0.6 is 31.9 Å². The summed E-state index contributed by atoms with van der Waals surface area (Å²) >= 11 is 6.82. The van der Waals surface area contributed by atoms with Gasteiger partial charge in [-0.1, -0.05) is 40.2 Å². The van der Waals surface area contributed by atoms with Gasteiger partial charge in [-0.25, -0.2) is 0 Å². The molecule has 4 heteroatoms. The molecule has 0 saturated carbocycles. The molecule has 0 atom stereocenters. The third-order valence-electron chi connectivity index (χ3n) is 2.81. The Morgan fingerprint density at radius 2 is 1.89 bits per heavy atom. The van der Waals surface area contributed by atoms with Gasteiger partial charge in [-0.2, -0.15) is 0 Å². The minimum Gasteiger partial charge on any atom is -0.325 e. The highest BCUT2D eigenvalue weighted by molar-refractivity contribution is 9.11. The zero-order chi connectivity index (χ0) is 13.8. The van der Waals surface area contributed by atoms with E-state index in [1.165, 1.54) is 0 Å². The van der Waals surface area contributed by atoms with Crippen LogP contribution < -0.4 is 5.32 Å². The van der Waals surface area contributed by atoms with Gasteiger partial charge in [0.2, 0.25) is 5.91 Å². The van der Waals surface area contributed by atoms with Crippen LogP contribution in [-0.2, 0) is 11.2 Å². The third-order valence-corrected chi connectivity index (χ3v) is 4.00. The molecular weight excluding hydrogens is 370 g/mol. The standard InChI is InChI=1S/C15H13Br2NO/c1-10-4-2-3-5-11(10)8-15(19)18-14-9-12(16)6-7-13(14)17/h2-7,9H,8H2,1H3,(H,18,19). The normalized spacial score (nSPS) is 10.3. The van der Waals surface area contributed by atoms with Crippen molar-refractivity contribution in [2.75, 3.05) is 5.32 Å². The largest absolute Gasteiger partial charge is 0.325 e. The van der Waals surface area contributed by atoms with Crippen LogP contribution in [0, 0.1) is 6.92 Å². The Bertz CT molecular complexity index is 611. The second-order valence-electron chi connectivity index (χ2n) is 4.28. The first-order valence-corrected chi connectivity index (χ1v) is 7.44. The van der Waals surface area contributed by atoms with E-state index in [9.17, 15) is 4.79 Å². The number of nitrogens with one attached hydrogen (secondary N) is 1.